The van der Waals surface area contributed by atoms with E-state index in [1.165, 1.54) is 0 Å². The Balaban J connectivity index is 1.63. The lowest BCUT2D eigenvalue weighted by atomic mass is 10.2. The van der Waals surface area contributed by atoms with Crippen LogP contribution in [-0.4, -0.2) is 31.5 Å². The van der Waals surface area contributed by atoms with Gasteiger partial charge in [-0.3, -0.25) is 9.78 Å². The second kappa shape index (κ2) is 5.09. The molecule has 0 spiro atoms. The lowest BCUT2D eigenvalue weighted by Crippen LogP contribution is -2.08. The second-order valence-corrected chi connectivity index (χ2v) is 4.45. The van der Waals surface area contributed by atoms with Crippen LogP contribution in [0.15, 0.2) is 30.7 Å². The third kappa shape index (κ3) is 2.42. The minimum atomic E-state index is 0.858. The number of fused-ring (bicyclic) bond motifs is 1. The molecule has 0 fully saturated rings. The number of nitrogens with zero attached hydrogens (tertiary/aromatic N) is 4. The molecule has 3 rings (SSSR count). The molecule has 0 amide bonds. The predicted octanol–water partition coefficient (Wildman–Crippen LogP) is 1.97. The minimum absolute atomic E-state index is 0.858. The van der Waals surface area contributed by atoms with Gasteiger partial charge in [0.05, 0.1) is 10.9 Å². The highest BCUT2D eigenvalue weighted by atomic mass is 15.3. The van der Waals surface area contributed by atoms with Gasteiger partial charge in [-0.1, -0.05) is 0 Å². The molecular weight excluding hydrogens is 240 g/mol. The molecule has 0 aromatic carbocycles. The number of anilines is 1. The van der Waals surface area contributed by atoms with E-state index in [9.17, 15) is 0 Å². The average Bonchev–Trinajstić information content (AvgIpc) is 3.05. The summed E-state index contributed by atoms with van der Waals surface area (Å²) in [5.41, 5.74) is 1.99. The molecule has 0 aliphatic carbocycles. The van der Waals surface area contributed by atoms with Crippen molar-refractivity contribution in [3.05, 3.63) is 36.4 Å². The van der Waals surface area contributed by atoms with Crippen molar-refractivity contribution in [1.82, 2.24) is 25.0 Å². The Morgan fingerprint density at radius 3 is 3.16 bits per heavy atom. The maximum absolute atomic E-state index is 4.38. The van der Waals surface area contributed by atoms with Crippen molar-refractivity contribution in [2.24, 2.45) is 0 Å². The van der Waals surface area contributed by atoms with E-state index in [1.54, 1.807) is 12.4 Å². The van der Waals surface area contributed by atoms with Gasteiger partial charge < -0.3 is 5.32 Å². The zero-order valence-electron chi connectivity index (χ0n) is 10.8. The minimum Gasteiger partial charge on any atom is -0.369 e. The van der Waals surface area contributed by atoms with E-state index in [2.05, 4.69) is 25.6 Å². The van der Waals surface area contributed by atoms with Crippen LogP contribution in [0.4, 0.5) is 5.82 Å². The lowest BCUT2D eigenvalue weighted by molar-refractivity contribution is 0.591. The summed E-state index contributed by atoms with van der Waals surface area (Å²) in [6.07, 6.45) is 6.54. The second-order valence-electron chi connectivity index (χ2n) is 4.45. The van der Waals surface area contributed by atoms with Crippen LogP contribution in [0.3, 0.4) is 0 Å². The number of rotatable bonds is 5. The first-order chi connectivity index (χ1) is 9.34. The van der Waals surface area contributed by atoms with E-state index in [4.69, 9.17) is 0 Å². The molecule has 3 heterocycles. The number of aryl methyl sites for hydroxylation is 2. The van der Waals surface area contributed by atoms with Crippen LogP contribution < -0.4 is 5.32 Å². The Morgan fingerprint density at radius 1 is 1.37 bits per heavy atom. The molecule has 0 saturated carbocycles. The van der Waals surface area contributed by atoms with Crippen LogP contribution in [-0.2, 0) is 6.54 Å². The topological polar surface area (TPSA) is 71.4 Å². The fourth-order valence-electron chi connectivity index (χ4n) is 2.13. The summed E-state index contributed by atoms with van der Waals surface area (Å²) in [5.74, 6) is 0.893. The first kappa shape index (κ1) is 11.7. The van der Waals surface area contributed by atoms with E-state index in [1.807, 2.05) is 29.9 Å². The van der Waals surface area contributed by atoms with Gasteiger partial charge in [0.15, 0.2) is 0 Å². The van der Waals surface area contributed by atoms with Gasteiger partial charge in [0.1, 0.15) is 5.82 Å². The molecule has 0 aliphatic rings. The van der Waals surface area contributed by atoms with Crippen LogP contribution >= 0.6 is 0 Å². The SMILES string of the molecule is Cc1[nH]nc2ccnc(NCCCn3cccn3)c12. The number of hydrogen-bond donors (Lipinski definition) is 2. The molecular formula is C13H16N6. The molecule has 6 nitrogen and oxygen atoms in total. The first-order valence-electron chi connectivity index (χ1n) is 6.35. The Kier molecular flexibility index (Phi) is 3.14. The molecule has 0 saturated heterocycles. The molecule has 3 aromatic rings. The highest BCUT2D eigenvalue weighted by molar-refractivity contribution is 5.91. The van der Waals surface area contributed by atoms with Crippen molar-refractivity contribution in [2.75, 3.05) is 11.9 Å². The summed E-state index contributed by atoms with van der Waals surface area (Å²) in [4.78, 5) is 4.38. The van der Waals surface area contributed by atoms with Gasteiger partial charge >= 0.3 is 0 Å². The number of hydrogen-bond acceptors (Lipinski definition) is 4. The summed E-state index contributed by atoms with van der Waals surface area (Å²) in [5, 5.41) is 15.8. The number of nitrogens with one attached hydrogen (secondary N) is 2. The maximum Gasteiger partial charge on any atom is 0.137 e. The number of H-pyrrole nitrogens is 1. The van der Waals surface area contributed by atoms with Gasteiger partial charge in [0, 0.05) is 37.4 Å². The smallest absolute Gasteiger partial charge is 0.137 e. The predicted molar refractivity (Wildman–Crippen MR) is 74.0 cm³/mol. The number of pyridine rings is 1. The number of aromatic amines is 1. The van der Waals surface area contributed by atoms with Crippen LogP contribution in [0.5, 0.6) is 0 Å². The van der Waals surface area contributed by atoms with Crippen molar-refractivity contribution < 1.29 is 0 Å². The molecule has 0 atom stereocenters. The van der Waals surface area contributed by atoms with Gasteiger partial charge in [-0.05, 0) is 25.5 Å². The van der Waals surface area contributed by atoms with E-state index in [0.717, 1.165) is 41.9 Å². The lowest BCUT2D eigenvalue weighted by Gasteiger charge is -2.07. The van der Waals surface area contributed by atoms with E-state index in [0.29, 0.717) is 0 Å². The fourth-order valence-corrected chi connectivity index (χ4v) is 2.13. The van der Waals surface area contributed by atoms with Crippen LogP contribution in [0.25, 0.3) is 10.9 Å². The Bertz CT molecular complexity index is 655. The van der Waals surface area contributed by atoms with Gasteiger partial charge in [0.2, 0.25) is 0 Å². The molecule has 0 bridgehead atoms. The van der Waals surface area contributed by atoms with Crippen molar-refractivity contribution >= 4 is 16.7 Å². The summed E-state index contributed by atoms with van der Waals surface area (Å²) in [6, 6.07) is 3.85. The highest BCUT2D eigenvalue weighted by Gasteiger charge is 2.07. The van der Waals surface area contributed by atoms with Crippen LogP contribution in [0.2, 0.25) is 0 Å². The molecule has 0 radical (unpaired) electrons. The third-order valence-electron chi connectivity index (χ3n) is 3.06. The molecule has 0 unspecified atom stereocenters. The zero-order chi connectivity index (χ0) is 13.1. The summed E-state index contributed by atoms with van der Waals surface area (Å²) in [6.45, 7) is 3.77. The Labute approximate surface area is 110 Å². The Morgan fingerprint density at radius 2 is 2.32 bits per heavy atom. The van der Waals surface area contributed by atoms with Gasteiger partial charge in [0.25, 0.3) is 0 Å². The number of aromatic nitrogens is 5. The van der Waals surface area contributed by atoms with Crippen molar-refractivity contribution in [3.63, 3.8) is 0 Å². The summed E-state index contributed by atoms with van der Waals surface area (Å²) >= 11 is 0. The molecule has 0 aliphatic heterocycles. The molecule has 3 aromatic heterocycles. The average molecular weight is 256 g/mol. The molecule has 2 N–H and O–H groups in total. The maximum atomic E-state index is 4.38. The molecule has 98 valence electrons. The molecule has 19 heavy (non-hydrogen) atoms. The highest BCUT2D eigenvalue weighted by Crippen LogP contribution is 2.21. The van der Waals surface area contributed by atoms with E-state index >= 15 is 0 Å². The van der Waals surface area contributed by atoms with Crippen LogP contribution in [0, 0.1) is 6.92 Å². The fraction of sp³-hybridized carbons (Fsp3) is 0.308. The van der Waals surface area contributed by atoms with Crippen LogP contribution in [0.1, 0.15) is 12.1 Å². The standard InChI is InChI=1S/C13H16N6/c1-10-12-11(18-17-10)4-7-15-13(12)14-5-2-8-19-9-3-6-16-19/h3-4,6-7,9H,2,5,8H2,1H3,(H,14,15)(H,17,18). The van der Waals surface area contributed by atoms with E-state index < -0.39 is 0 Å². The zero-order valence-corrected chi connectivity index (χ0v) is 10.8. The van der Waals surface area contributed by atoms with Gasteiger partial charge in [-0.15, -0.1) is 0 Å². The van der Waals surface area contributed by atoms with Gasteiger partial charge in [-0.25, -0.2) is 4.98 Å². The quantitative estimate of drug-likeness (QED) is 0.685. The normalized spacial score (nSPS) is 11.0. The van der Waals surface area contributed by atoms with Gasteiger partial charge in [-0.2, -0.15) is 10.2 Å². The Hall–Kier alpha value is -2.37. The van der Waals surface area contributed by atoms with Crippen molar-refractivity contribution in [1.29, 1.82) is 0 Å². The van der Waals surface area contributed by atoms with E-state index in [-0.39, 0.29) is 0 Å². The largest absolute Gasteiger partial charge is 0.369 e. The summed E-state index contributed by atoms with van der Waals surface area (Å²) < 4.78 is 1.93. The van der Waals surface area contributed by atoms with Crippen molar-refractivity contribution in [2.45, 2.75) is 19.9 Å². The van der Waals surface area contributed by atoms with Crippen molar-refractivity contribution in [3.8, 4) is 0 Å². The first-order valence-corrected chi connectivity index (χ1v) is 6.35. The third-order valence-corrected chi connectivity index (χ3v) is 3.06. The monoisotopic (exact) mass is 256 g/mol. The summed E-state index contributed by atoms with van der Waals surface area (Å²) in [7, 11) is 0. The molecule has 6 heteroatoms.